The number of nitro groups is 1. The average Bonchev–Trinajstić information content (AvgIpc) is 2.47. The molecule has 0 aliphatic heterocycles. The van der Waals surface area contributed by atoms with Gasteiger partial charge in [0.15, 0.2) is 6.61 Å². The van der Waals surface area contributed by atoms with Crippen molar-refractivity contribution in [2.45, 2.75) is 0 Å². The number of halogens is 2. The lowest BCUT2D eigenvalue weighted by Gasteiger charge is -2.09. The lowest BCUT2D eigenvalue weighted by molar-refractivity contribution is -0.384. The van der Waals surface area contributed by atoms with Crippen molar-refractivity contribution in [2.75, 3.05) is 11.9 Å². The van der Waals surface area contributed by atoms with Crippen molar-refractivity contribution in [1.82, 2.24) is 0 Å². The summed E-state index contributed by atoms with van der Waals surface area (Å²) in [6.07, 6.45) is 0. The highest BCUT2D eigenvalue weighted by atomic mass is 79.9. The van der Waals surface area contributed by atoms with Crippen LogP contribution in [0.2, 0.25) is 0 Å². The number of hydrogen-bond acceptors (Lipinski definition) is 4. The maximum absolute atomic E-state index is 11.8. The van der Waals surface area contributed by atoms with Crippen molar-refractivity contribution in [3.05, 3.63) is 61.5 Å². The van der Waals surface area contributed by atoms with Gasteiger partial charge in [0.2, 0.25) is 0 Å². The first-order chi connectivity index (χ1) is 10.5. The van der Waals surface area contributed by atoms with Gasteiger partial charge in [0, 0.05) is 22.3 Å². The molecule has 1 amide bonds. The minimum atomic E-state index is -0.500. The molecule has 0 atom stereocenters. The van der Waals surface area contributed by atoms with Crippen LogP contribution in [0.1, 0.15) is 0 Å². The monoisotopic (exact) mass is 428 g/mol. The van der Waals surface area contributed by atoms with E-state index in [2.05, 4.69) is 37.2 Å². The number of amides is 1. The summed E-state index contributed by atoms with van der Waals surface area (Å²) in [4.78, 5) is 21.8. The Kier molecular flexibility index (Phi) is 5.51. The van der Waals surface area contributed by atoms with E-state index in [1.807, 2.05) is 6.07 Å². The Morgan fingerprint density at radius 3 is 2.45 bits per heavy atom. The van der Waals surface area contributed by atoms with Crippen molar-refractivity contribution in [3.63, 3.8) is 0 Å². The van der Waals surface area contributed by atoms with E-state index in [4.69, 9.17) is 4.74 Å². The third-order valence-electron chi connectivity index (χ3n) is 2.61. The molecule has 0 spiro atoms. The van der Waals surface area contributed by atoms with Gasteiger partial charge in [-0.1, -0.05) is 15.9 Å². The van der Waals surface area contributed by atoms with Crippen LogP contribution in [0.4, 0.5) is 11.4 Å². The van der Waals surface area contributed by atoms with Crippen LogP contribution in [0.5, 0.6) is 5.75 Å². The SMILES string of the molecule is O=C(COc1ccc(Br)cc1Br)Nc1ccc([N+](=O)[O-])cc1. The molecule has 2 rings (SSSR count). The molecule has 0 aromatic heterocycles. The van der Waals surface area contributed by atoms with E-state index in [1.54, 1.807) is 12.1 Å². The maximum Gasteiger partial charge on any atom is 0.269 e. The van der Waals surface area contributed by atoms with Gasteiger partial charge in [-0.25, -0.2) is 0 Å². The third kappa shape index (κ3) is 4.54. The zero-order chi connectivity index (χ0) is 16.1. The van der Waals surface area contributed by atoms with Crippen LogP contribution in [-0.4, -0.2) is 17.4 Å². The highest BCUT2D eigenvalue weighted by Gasteiger charge is 2.08. The topological polar surface area (TPSA) is 81.5 Å². The summed E-state index contributed by atoms with van der Waals surface area (Å²) in [6.45, 7) is -0.169. The summed E-state index contributed by atoms with van der Waals surface area (Å²) in [7, 11) is 0. The normalized spacial score (nSPS) is 10.1. The minimum Gasteiger partial charge on any atom is -0.483 e. The van der Waals surface area contributed by atoms with Crippen LogP contribution < -0.4 is 10.1 Å². The Morgan fingerprint density at radius 2 is 1.86 bits per heavy atom. The first kappa shape index (κ1) is 16.4. The molecule has 0 heterocycles. The maximum atomic E-state index is 11.8. The summed E-state index contributed by atoms with van der Waals surface area (Å²) in [5.41, 5.74) is 0.433. The molecule has 0 bridgehead atoms. The molecule has 22 heavy (non-hydrogen) atoms. The molecule has 0 fully saturated rings. The largest absolute Gasteiger partial charge is 0.483 e. The van der Waals surface area contributed by atoms with E-state index in [1.165, 1.54) is 24.3 Å². The minimum absolute atomic E-state index is 0.0342. The number of rotatable bonds is 5. The summed E-state index contributed by atoms with van der Waals surface area (Å²) in [5.74, 6) is 0.186. The average molecular weight is 430 g/mol. The molecule has 0 unspecified atom stereocenters. The molecule has 0 saturated carbocycles. The van der Waals surface area contributed by atoms with E-state index in [9.17, 15) is 14.9 Å². The van der Waals surface area contributed by atoms with E-state index < -0.39 is 4.92 Å². The Morgan fingerprint density at radius 1 is 1.18 bits per heavy atom. The van der Waals surface area contributed by atoms with E-state index in [0.29, 0.717) is 11.4 Å². The lowest BCUT2D eigenvalue weighted by atomic mass is 10.3. The summed E-state index contributed by atoms with van der Waals surface area (Å²) in [6, 6.07) is 10.9. The zero-order valence-corrected chi connectivity index (χ0v) is 14.3. The van der Waals surface area contributed by atoms with Gasteiger partial charge in [-0.05, 0) is 46.3 Å². The zero-order valence-electron chi connectivity index (χ0n) is 11.1. The third-order valence-corrected chi connectivity index (χ3v) is 3.73. The van der Waals surface area contributed by atoms with Crippen molar-refractivity contribution >= 4 is 49.1 Å². The van der Waals surface area contributed by atoms with E-state index >= 15 is 0 Å². The Hall–Kier alpha value is -1.93. The number of nitro benzene ring substituents is 1. The first-order valence-electron chi connectivity index (χ1n) is 6.08. The molecule has 8 heteroatoms. The number of anilines is 1. The lowest BCUT2D eigenvalue weighted by Crippen LogP contribution is -2.20. The van der Waals surface area contributed by atoms with Crippen LogP contribution in [-0.2, 0) is 4.79 Å². The molecular weight excluding hydrogens is 420 g/mol. The van der Waals surface area contributed by atoms with Gasteiger partial charge in [0.25, 0.3) is 11.6 Å². The molecule has 114 valence electrons. The summed E-state index contributed by atoms with van der Waals surface area (Å²) < 4.78 is 7.02. The number of non-ortho nitro benzene ring substituents is 1. The molecule has 0 aliphatic carbocycles. The van der Waals surface area contributed by atoms with Gasteiger partial charge in [-0.2, -0.15) is 0 Å². The summed E-state index contributed by atoms with van der Waals surface area (Å²) in [5, 5.41) is 13.1. The standard InChI is InChI=1S/C14H10Br2N2O4/c15-9-1-6-13(12(16)7-9)22-8-14(19)17-10-2-4-11(5-3-10)18(20)21/h1-7H,8H2,(H,17,19). The van der Waals surface area contributed by atoms with Crippen molar-refractivity contribution in [2.24, 2.45) is 0 Å². The fourth-order valence-corrected chi connectivity index (χ4v) is 2.76. The molecule has 0 saturated heterocycles. The van der Waals surface area contributed by atoms with E-state index in [-0.39, 0.29) is 18.2 Å². The van der Waals surface area contributed by atoms with Crippen molar-refractivity contribution in [3.8, 4) is 5.75 Å². The van der Waals surface area contributed by atoms with Crippen LogP contribution in [0.3, 0.4) is 0 Å². The van der Waals surface area contributed by atoms with E-state index in [0.717, 1.165) is 8.95 Å². The Balaban J connectivity index is 1.91. The highest BCUT2D eigenvalue weighted by molar-refractivity contribution is 9.11. The Bertz CT molecular complexity index is 704. The number of carbonyl (C=O) groups is 1. The second-order valence-corrected chi connectivity index (χ2v) is 5.99. The molecule has 0 radical (unpaired) electrons. The smallest absolute Gasteiger partial charge is 0.269 e. The first-order valence-corrected chi connectivity index (χ1v) is 7.66. The number of carbonyl (C=O) groups excluding carboxylic acids is 1. The molecule has 6 nitrogen and oxygen atoms in total. The second kappa shape index (κ2) is 7.37. The van der Waals surface area contributed by atoms with Crippen LogP contribution >= 0.6 is 31.9 Å². The van der Waals surface area contributed by atoms with Gasteiger partial charge in [-0.15, -0.1) is 0 Å². The van der Waals surface area contributed by atoms with Crippen molar-refractivity contribution in [1.29, 1.82) is 0 Å². The number of benzene rings is 2. The van der Waals surface area contributed by atoms with Gasteiger partial charge in [0.05, 0.1) is 9.40 Å². The summed E-state index contributed by atoms with van der Waals surface area (Å²) >= 11 is 6.66. The molecule has 0 aliphatic rings. The van der Waals surface area contributed by atoms with Gasteiger partial charge >= 0.3 is 0 Å². The van der Waals surface area contributed by atoms with Crippen molar-refractivity contribution < 1.29 is 14.5 Å². The number of nitrogens with one attached hydrogen (secondary N) is 1. The van der Waals surface area contributed by atoms with Gasteiger partial charge in [-0.3, -0.25) is 14.9 Å². The molecule has 2 aromatic rings. The molecular formula is C14H10Br2N2O4. The second-order valence-electron chi connectivity index (χ2n) is 4.22. The quantitative estimate of drug-likeness (QED) is 0.572. The number of ether oxygens (including phenoxy) is 1. The number of nitrogens with zero attached hydrogens (tertiary/aromatic N) is 1. The fourth-order valence-electron chi connectivity index (χ4n) is 1.60. The predicted octanol–water partition coefficient (Wildman–Crippen LogP) is 4.14. The highest BCUT2D eigenvalue weighted by Crippen LogP contribution is 2.28. The predicted molar refractivity (Wildman–Crippen MR) is 89.1 cm³/mol. The van der Waals surface area contributed by atoms with Crippen LogP contribution in [0, 0.1) is 10.1 Å². The Labute approximate surface area is 142 Å². The van der Waals surface area contributed by atoms with Gasteiger partial charge in [0.1, 0.15) is 5.75 Å². The molecule has 2 aromatic carbocycles. The number of hydrogen-bond donors (Lipinski definition) is 1. The fraction of sp³-hybridized carbons (Fsp3) is 0.0714. The van der Waals surface area contributed by atoms with Gasteiger partial charge < -0.3 is 10.1 Å². The molecule has 1 N–H and O–H groups in total. The van der Waals surface area contributed by atoms with Crippen LogP contribution in [0.25, 0.3) is 0 Å². The van der Waals surface area contributed by atoms with Crippen LogP contribution in [0.15, 0.2) is 51.4 Å².